The smallest absolute Gasteiger partial charge is 0.233 e. The third-order valence-corrected chi connectivity index (χ3v) is 6.36. The first-order valence-corrected chi connectivity index (χ1v) is 10.5. The molecule has 0 N–H and O–H groups in total. The van der Waals surface area contributed by atoms with Crippen molar-refractivity contribution in [1.29, 1.82) is 0 Å². The van der Waals surface area contributed by atoms with Gasteiger partial charge in [-0.25, -0.2) is 8.42 Å². The second-order valence-electron chi connectivity index (χ2n) is 6.58. The maximum absolute atomic E-state index is 12.3. The molecule has 4 rings (SSSR count). The van der Waals surface area contributed by atoms with Crippen molar-refractivity contribution >= 4 is 15.7 Å². The molecule has 3 heterocycles. The van der Waals surface area contributed by atoms with Gasteiger partial charge < -0.3 is 9.42 Å². The zero-order chi connectivity index (χ0) is 19.6. The van der Waals surface area contributed by atoms with E-state index in [1.807, 2.05) is 6.07 Å². The van der Waals surface area contributed by atoms with Crippen LogP contribution in [0.1, 0.15) is 18.2 Å². The molecule has 1 amide bonds. The van der Waals surface area contributed by atoms with E-state index in [4.69, 9.17) is 4.52 Å². The van der Waals surface area contributed by atoms with Crippen molar-refractivity contribution in [2.75, 3.05) is 18.8 Å². The van der Waals surface area contributed by atoms with E-state index in [1.54, 1.807) is 41.6 Å². The van der Waals surface area contributed by atoms with Gasteiger partial charge in [-0.2, -0.15) is 4.98 Å². The van der Waals surface area contributed by atoms with Crippen molar-refractivity contribution in [3.63, 3.8) is 0 Å². The Bertz CT molecular complexity index is 1060. The van der Waals surface area contributed by atoms with E-state index in [0.717, 1.165) is 5.56 Å². The zero-order valence-corrected chi connectivity index (χ0v) is 15.7. The molecule has 2 aromatic heterocycles. The monoisotopic (exact) mass is 398 g/mol. The van der Waals surface area contributed by atoms with Gasteiger partial charge in [-0.05, 0) is 24.3 Å². The van der Waals surface area contributed by atoms with Gasteiger partial charge in [0.1, 0.15) is 0 Å². The Balaban J connectivity index is 1.31. The number of amides is 1. The van der Waals surface area contributed by atoms with Crippen molar-refractivity contribution in [2.45, 2.75) is 17.2 Å². The minimum atomic E-state index is -3.46. The molecule has 0 radical (unpaired) electrons. The molecule has 0 bridgehead atoms. The molecule has 8 nitrogen and oxygen atoms in total. The van der Waals surface area contributed by atoms with E-state index in [1.165, 1.54) is 12.1 Å². The van der Waals surface area contributed by atoms with Crippen molar-refractivity contribution in [2.24, 2.45) is 0 Å². The number of likely N-dealkylation sites (tertiary alicyclic amines) is 1. The first-order chi connectivity index (χ1) is 13.5. The van der Waals surface area contributed by atoms with Crippen molar-refractivity contribution in [3.8, 4) is 11.4 Å². The molecule has 1 aliphatic rings. The Morgan fingerprint density at radius 2 is 1.93 bits per heavy atom. The largest absolute Gasteiger partial charge is 0.341 e. The van der Waals surface area contributed by atoms with Gasteiger partial charge in [-0.15, -0.1) is 0 Å². The molecule has 3 aromatic rings. The lowest BCUT2D eigenvalue weighted by molar-refractivity contribution is -0.135. The molecule has 1 aromatic carbocycles. The van der Waals surface area contributed by atoms with Crippen LogP contribution in [0.25, 0.3) is 11.4 Å². The van der Waals surface area contributed by atoms with Gasteiger partial charge in [-0.3, -0.25) is 9.78 Å². The Labute approximate surface area is 162 Å². The van der Waals surface area contributed by atoms with E-state index in [-0.39, 0.29) is 28.9 Å². The van der Waals surface area contributed by atoms with Crippen LogP contribution in [0, 0.1) is 0 Å². The summed E-state index contributed by atoms with van der Waals surface area (Å²) in [7, 11) is -3.46. The minimum Gasteiger partial charge on any atom is -0.341 e. The molecule has 0 saturated carbocycles. The fourth-order valence-electron chi connectivity index (χ4n) is 2.98. The molecule has 0 aliphatic carbocycles. The summed E-state index contributed by atoms with van der Waals surface area (Å²) < 4.78 is 29.9. The van der Waals surface area contributed by atoms with Crippen LogP contribution in [0.5, 0.6) is 0 Å². The van der Waals surface area contributed by atoms with Crippen LogP contribution in [0.4, 0.5) is 0 Å². The highest BCUT2D eigenvalue weighted by Crippen LogP contribution is 2.28. The quantitative estimate of drug-likeness (QED) is 0.624. The molecule has 144 valence electrons. The molecule has 1 fully saturated rings. The highest BCUT2D eigenvalue weighted by molar-refractivity contribution is 7.91. The number of hydrogen-bond donors (Lipinski definition) is 0. The number of nitrogens with zero attached hydrogens (tertiary/aromatic N) is 4. The van der Waals surface area contributed by atoms with Gasteiger partial charge in [0.15, 0.2) is 9.84 Å². The zero-order valence-electron chi connectivity index (χ0n) is 14.9. The van der Waals surface area contributed by atoms with Crippen LogP contribution in [-0.2, 0) is 14.6 Å². The van der Waals surface area contributed by atoms with Crippen molar-refractivity contribution in [3.05, 3.63) is 60.7 Å². The Morgan fingerprint density at radius 1 is 1.14 bits per heavy atom. The highest BCUT2D eigenvalue weighted by atomic mass is 32.2. The number of benzene rings is 1. The summed E-state index contributed by atoms with van der Waals surface area (Å²) in [5, 5.41) is 3.95. The summed E-state index contributed by atoms with van der Waals surface area (Å²) in [5.41, 5.74) is 0.760. The maximum atomic E-state index is 12.3. The first kappa shape index (κ1) is 18.3. The standard InChI is InChI=1S/C19H18N4O4S/c24-17(8-10-28(25,26)16-6-2-1-3-7-16)23-12-15(13-23)19-21-18(22-27-19)14-5-4-9-20-11-14/h1-7,9,11,15H,8,10,12-13H2. The maximum Gasteiger partial charge on any atom is 0.233 e. The van der Waals surface area contributed by atoms with Crippen molar-refractivity contribution < 1.29 is 17.7 Å². The summed E-state index contributed by atoms with van der Waals surface area (Å²) in [6, 6.07) is 11.8. The number of hydrogen-bond acceptors (Lipinski definition) is 7. The fourth-order valence-corrected chi connectivity index (χ4v) is 4.23. The molecular formula is C19H18N4O4S. The molecule has 9 heteroatoms. The molecule has 0 unspecified atom stereocenters. The van der Waals surface area contributed by atoms with E-state index in [9.17, 15) is 13.2 Å². The number of pyridine rings is 1. The van der Waals surface area contributed by atoms with Gasteiger partial charge >= 0.3 is 0 Å². The Morgan fingerprint density at radius 3 is 2.64 bits per heavy atom. The van der Waals surface area contributed by atoms with Crippen LogP contribution in [0.3, 0.4) is 0 Å². The second-order valence-corrected chi connectivity index (χ2v) is 8.68. The molecule has 0 spiro atoms. The minimum absolute atomic E-state index is 0.0346. The summed E-state index contributed by atoms with van der Waals surface area (Å²) in [5.74, 6) is 0.500. The number of aromatic nitrogens is 3. The Kier molecular flexibility index (Phi) is 4.91. The molecular weight excluding hydrogens is 380 g/mol. The van der Waals surface area contributed by atoms with Crippen LogP contribution < -0.4 is 0 Å². The van der Waals surface area contributed by atoms with Crippen LogP contribution in [-0.4, -0.2) is 53.2 Å². The van der Waals surface area contributed by atoms with Gasteiger partial charge in [-0.1, -0.05) is 23.4 Å². The Hall–Kier alpha value is -3.07. The van der Waals surface area contributed by atoms with E-state index < -0.39 is 9.84 Å². The van der Waals surface area contributed by atoms with Gasteiger partial charge in [0.05, 0.1) is 16.6 Å². The molecule has 0 atom stereocenters. The predicted octanol–water partition coefficient (Wildman–Crippen LogP) is 1.92. The highest BCUT2D eigenvalue weighted by Gasteiger charge is 2.35. The average molecular weight is 398 g/mol. The van der Waals surface area contributed by atoms with Gasteiger partial charge in [0, 0.05) is 37.5 Å². The number of carbonyl (C=O) groups is 1. The van der Waals surface area contributed by atoms with Crippen LogP contribution in [0.2, 0.25) is 0 Å². The number of carbonyl (C=O) groups excluding carboxylic acids is 1. The topological polar surface area (TPSA) is 106 Å². The van der Waals surface area contributed by atoms with Crippen LogP contribution in [0.15, 0.2) is 64.3 Å². The summed E-state index contributed by atoms with van der Waals surface area (Å²) in [6.07, 6.45) is 3.27. The van der Waals surface area contributed by atoms with Gasteiger partial charge in [0.2, 0.25) is 17.6 Å². The summed E-state index contributed by atoms with van der Waals surface area (Å²) >= 11 is 0. The first-order valence-electron chi connectivity index (χ1n) is 8.82. The van der Waals surface area contributed by atoms with Crippen LogP contribution >= 0.6 is 0 Å². The SMILES string of the molecule is O=C(CCS(=O)(=O)c1ccccc1)N1CC(c2nc(-c3cccnc3)no2)C1. The lowest BCUT2D eigenvalue weighted by Gasteiger charge is -2.37. The predicted molar refractivity (Wildman–Crippen MR) is 100.0 cm³/mol. The molecule has 1 saturated heterocycles. The molecule has 1 aliphatic heterocycles. The lowest BCUT2D eigenvalue weighted by Crippen LogP contribution is -2.48. The average Bonchev–Trinajstić information content (AvgIpc) is 3.16. The summed E-state index contributed by atoms with van der Waals surface area (Å²) in [4.78, 5) is 22.5. The normalized spacial score (nSPS) is 14.6. The van der Waals surface area contributed by atoms with E-state index in [0.29, 0.717) is 24.8 Å². The molecule has 28 heavy (non-hydrogen) atoms. The third-order valence-electron chi connectivity index (χ3n) is 4.63. The number of sulfone groups is 1. The van der Waals surface area contributed by atoms with Gasteiger partial charge in [0.25, 0.3) is 0 Å². The van der Waals surface area contributed by atoms with E-state index in [2.05, 4.69) is 15.1 Å². The number of rotatable bonds is 6. The third kappa shape index (κ3) is 3.79. The van der Waals surface area contributed by atoms with Crippen molar-refractivity contribution in [1.82, 2.24) is 20.0 Å². The second kappa shape index (κ2) is 7.51. The fraction of sp³-hybridized carbons (Fsp3) is 0.263. The lowest BCUT2D eigenvalue weighted by atomic mass is 10.00. The van der Waals surface area contributed by atoms with E-state index >= 15 is 0 Å². The summed E-state index contributed by atoms with van der Waals surface area (Å²) in [6.45, 7) is 0.887.